The van der Waals surface area contributed by atoms with Crippen molar-refractivity contribution in [2.24, 2.45) is 7.05 Å². The van der Waals surface area contributed by atoms with Crippen LogP contribution in [0.2, 0.25) is 0 Å². The summed E-state index contributed by atoms with van der Waals surface area (Å²) < 4.78 is 9.49. The molecule has 4 aromatic rings. The molecule has 1 aromatic carbocycles. The van der Waals surface area contributed by atoms with Crippen molar-refractivity contribution in [2.75, 3.05) is 5.75 Å². The fourth-order valence-electron chi connectivity index (χ4n) is 3.49. The summed E-state index contributed by atoms with van der Waals surface area (Å²) in [7, 11) is 1.93. The van der Waals surface area contributed by atoms with Crippen LogP contribution in [0.1, 0.15) is 33.1 Å². The van der Waals surface area contributed by atoms with E-state index in [1.54, 1.807) is 6.26 Å². The van der Waals surface area contributed by atoms with E-state index in [9.17, 15) is 4.79 Å². The quantitative estimate of drug-likeness (QED) is 0.317. The Morgan fingerprint density at radius 3 is 2.57 bits per heavy atom. The summed E-state index contributed by atoms with van der Waals surface area (Å²) in [6, 6.07) is 13.9. The second kappa shape index (κ2) is 8.36. The summed E-state index contributed by atoms with van der Waals surface area (Å²) >= 11 is 1.41. The number of hydrogen-bond donors (Lipinski definition) is 0. The highest BCUT2D eigenvalue weighted by atomic mass is 32.2. The van der Waals surface area contributed by atoms with Gasteiger partial charge < -0.3 is 13.6 Å². The highest BCUT2D eigenvalue weighted by Gasteiger charge is 2.18. The number of nitrogens with zero attached hydrogens (tertiary/aromatic N) is 4. The van der Waals surface area contributed by atoms with Gasteiger partial charge in [-0.25, -0.2) is 0 Å². The van der Waals surface area contributed by atoms with Gasteiger partial charge in [0.25, 0.3) is 0 Å². The van der Waals surface area contributed by atoms with Crippen molar-refractivity contribution in [1.82, 2.24) is 19.3 Å². The molecule has 30 heavy (non-hydrogen) atoms. The number of hydrogen-bond acceptors (Lipinski definition) is 5. The first-order valence-corrected chi connectivity index (χ1v) is 10.7. The van der Waals surface area contributed by atoms with Gasteiger partial charge in [0.1, 0.15) is 5.76 Å². The third kappa shape index (κ3) is 3.98. The fraction of sp³-hybridized carbons (Fsp3) is 0.261. The molecule has 0 spiro atoms. The average Bonchev–Trinajstić information content (AvgIpc) is 3.44. The zero-order valence-electron chi connectivity index (χ0n) is 17.5. The van der Waals surface area contributed by atoms with Gasteiger partial charge in [-0.05, 0) is 39.0 Å². The Morgan fingerprint density at radius 1 is 1.10 bits per heavy atom. The third-order valence-corrected chi connectivity index (χ3v) is 6.27. The second-order valence-electron chi connectivity index (χ2n) is 7.39. The molecule has 0 fully saturated rings. The number of thioether (sulfide) groups is 1. The Bertz CT molecular complexity index is 1170. The Hall–Kier alpha value is -3.06. The van der Waals surface area contributed by atoms with Crippen LogP contribution in [0.4, 0.5) is 0 Å². The lowest BCUT2D eigenvalue weighted by Crippen LogP contribution is -2.08. The molecule has 4 rings (SSSR count). The minimum absolute atomic E-state index is 0.0821. The summed E-state index contributed by atoms with van der Waals surface area (Å²) in [6.45, 7) is 6.66. The molecule has 0 N–H and O–H groups in total. The number of rotatable bonds is 7. The van der Waals surface area contributed by atoms with E-state index in [4.69, 9.17) is 4.42 Å². The number of Topliss-reactive ketones (excluding diaryl/α,β-unsaturated/α-hetero) is 1. The van der Waals surface area contributed by atoms with Crippen LogP contribution in [0.3, 0.4) is 0 Å². The lowest BCUT2D eigenvalue weighted by Gasteiger charge is -2.08. The van der Waals surface area contributed by atoms with Gasteiger partial charge in [0.05, 0.1) is 18.6 Å². The second-order valence-corrected chi connectivity index (χ2v) is 8.34. The van der Waals surface area contributed by atoms with Gasteiger partial charge in [-0.15, -0.1) is 10.2 Å². The van der Waals surface area contributed by atoms with Crippen LogP contribution >= 0.6 is 11.8 Å². The van der Waals surface area contributed by atoms with Crippen LogP contribution in [0.25, 0.3) is 11.4 Å². The Kier molecular flexibility index (Phi) is 5.63. The predicted octanol–water partition coefficient (Wildman–Crippen LogP) is 4.83. The van der Waals surface area contributed by atoms with Gasteiger partial charge in [-0.1, -0.05) is 41.6 Å². The molecule has 3 heterocycles. The van der Waals surface area contributed by atoms with Gasteiger partial charge in [-0.3, -0.25) is 4.79 Å². The number of carbonyl (C=O) groups is 1. The molecule has 0 saturated heterocycles. The van der Waals surface area contributed by atoms with Crippen LogP contribution in [0.5, 0.6) is 0 Å². The zero-order chi connectivity index (χ0) is 21.3. The van der Waals surface area contributed by atoms with E-state index < -0.39 is 0 Å². The van der Waals surface area contributed by atoms with Crippen molar-refractivity contribution < 1.29 is 9.21 Å². The van der Waals surface area contributed by atoms with Gasteiger partial charge >= 0.3 is 0 Å². The van der Waals surface area contributed by atoms with E-state index in [1.165, 1.54) is 17.3 Å². The van der Waals surface area contributed by atoms with Gasteiger partial charge in [0, 0.05) is 29.6 Å². The maximum Gasteiger partial charge on any atom is 0.191 e. The molecule has 154 valence electrons. The smallest absolute Gasteiger partial charge is 0.191 e. The maximum absolute atomic E-state index is 12.9. The molecule has 0 unspecified atom stereocenters. The van der Waals surface area contributed by atoms with Crippen LogP contribution in [-0.4, -0.2) is 30.9 Å². The van der Waals surface area contributed by atoms with E-state index in [0.717, 1.165) is 39.3 Å². The first-order chi connectivity index (χ1) is 14.4. The number of carbonyl (C=O) groups excluding carboxylic acids is 1. The standard InChI is InChI=1S/C23H24N4O2S/c1-15-7-9-18(10-8-15)22-24-25-23(26(22)4)30-14-21(28)20-12-16(2)27(17(20)3)13-19-6-5-11-29-19/h5-12H,13-14H2,1-4H3. The number of aromatic nitrogens is 4. The van der Waals surface area contributed by atoms with Crippen LogP contribution < -0.4 is 0 Å². The largest absolute Gasteiger partial charge is 0.467 e. The van der Waals surface area contributed by atoms with E-state index >= 15 is 0 Å². The lowest BCUT2D eigenvalue weighted by molar-refractivity contribution is 0.102. The summed E-state index contributed by atoms with van der Waals surface area (Å²) in [5.74, 6) is 2.05. The molecular weight excluding hydrogens is 396 g/mol. The molecule has 0 amide bonds. The molecule has 0 atom stereocenters. The van der Waals surface area contributed by atoms with Crippen molar-refractivity contribution in [3.05, 3.63) is 77.0 Å². The Morgan fingerprint density at radius 2 is 1.87 bits per heavy atom. The molecule has 0 aliphatic rings. The molecule has 7 heteroatoms. The van der Waals surface area contributed by atoms with Crippen molar-refractivity contribution in [3.63, 3.8) is 0 Å². The van der Waals surface area contributed by atoms with Gasteiger partial charge in [-0.2, -0.15) is 0 Å². The van der Waals surface area contributed by atoms with Crippen molar-refractivity contribution >= 4 is 17.5 Å². The minimum atomic E-state index is 0.0821. The highest BCUT2D eigenvalue weighted by molar-refractivity contribution is 7.99. The highest BCUT2D eigenvalue weighted by Crippen LogP contribution is 2.25. The molecule has 0 aliphatic heterocycles. The van der Waals surface area contributed by atoms with Crippen LogP contribution in [0, 0.1) is 20.8 Å². The van der Waals surface area contributed by atoms with Crippen molar-refractivity contribution in [2.45, 2.75) is 32.5 Å². The van der Waals surface area contributed by atoms with Gasteiger partial charge in [0.15, 0.2) is 16.8 Å². The van der Waals surface area contributed by atoms with Crippen molar-refractivity contribution in [1.29, 1.82) is 0 Å². The van der Waals surface area contributed by atoms with Crippen molar-refractivity contribution in [3.8, 4) is 11.4 Å². The molecule has 0 radical (unpaired) electrons. The van der Waals surface area contributed by atoms with E-state index in [-0.39, 0.29) is 5.78 Å². The van der Waals surface area contributed by atoms with E-state index in [2.05, 4.69) is 33.8 Å². The Balaban J connectivity index is 1.47. The number of benzene rings is 1. The molecule has 3 aromatic heterocycles. The molecular formula is C23H24N4O2S. The topological polar surface area (TPSA) is 65.8 Å². The molecule has 0 aliphatic carbocycles. The number of aryl methyl sites for hydroxylation is 2. The maximum atomic E-state index is 12.9. The first kappa shape index (κ1) is 20.2. The summed E-state index contributed by atoms with van der Waals surface area (Å²) in [4.78, 5) is 12.9. The zero-order valence-corrected chi connectivity index (χ0v) is 18.4. The minimum Gasteiger partial charge on any atom is -0.467 e. The SMILES string of the molecule is Cc1ccc(-c2nnc(SCC(=O)c3cc(C)n(Cc4ccco4)c3C)n2C)cc1. The molecule has 6 nitrogen and oxygen atoms in total. The number of furan rings is 1. The van der Waals surface area contributed by atoms with Gasteiger partial charge in [0.2, 0.25) is 0 Å². The Labute approximate surface area is 179 Å². The van der Waals surface area contributed by atoms with E-state index in [1.807, 2.05) is 55.8 Å². The van der Waals surface area contributed by atoms with Crippen LogP contribution in [0.15, 0.2) is 58.3 Å². The average molecular weight is 421 g/mol. The lowest BCUT2D eigenvalue weighted by atomic mass is 10.1. The number of ketones is 1. The van der Waals surface area contributed by atoms with E-state index in [0.29, 0.717) is 12.3 Å². The predicted molar refractivity (Wildman–Crippen MR) is 118 cm³/mol. The molecule has 0 saturated carbocycles. The molecule has 0 bridgehead atoms. The summed E-state index contributed by atoms with van der Waals surface area (Å²) in [5.41, 5.74) is 4.94. The summed E-state index contributed by atoms with van der Waals surface area (Å²) in [6.07, 6.45) is 1.66. The third-order valence-electron chi connectivity index (χ3n) is 5.25. The van der Waals surface area contributed by atoms with Crippen LogP contribution in [-0.2, 0) is 13.6 Å². The normalized spacial score (nSPS) is 11.2. The summed E-state index contributed by atoms with van der Waals surface area (Å²) in [5, 5.41) is 9.32. The first-order valence-electron chi connectivity index (χ1n) is 9.75. The fourth-order valence-corrected chi connectivity index (χ4v) is 4.28. The monoisotopic (exact) mass is 420 g/mol.